The highest BCUT2D eigenvalue weighted by Gasteiger charge is 2.36. The zero-order valence-corrected chi connectivity index (χ0v) is 21.3. The molecule has 1 aliphatic heterocycles. The van der Waals surface area contributed by atoms with E-state index in [1.54, 1.807) is 18.2 Å². The van der Waals surface area contributed by atoms with Crippen LogP contribution in [0.3, 0.4) is 0 Å². The van der Waals surface area contributed by atoms with Crippen LogP contribution in [0.5, 0.6) is 0 Å². The Labute approximate surface area is 216 Å². The number of carbonyl (C=O) groups excluding carboxylic acids is 1. The van der Waals surface area contributed by atoms with Crippen LogP contribution < -0.4 is 4.90 Å². The minimum Gasteiger partial charge on any atom is -0.468 e. The molecule has 0 spiro atoms. The first kappa shape index (κ1) is 26.7. The number of halogens is 3. The lowest BCUT2D eigenvalue weighted by Crippen LogP contribution is -2.47. The van der Waals surface area contributed by atoms with Crippen molar-refractivity contribution < 1.29 is 22.7 Å². The van der Waals surface area contributed by atoms with E-state index in [-0.39, 0.29) is 11.5 Å². The van der Waals surface area contributed by atoms with Crippen molar-refractivity contribution in [1.29, 1.82) is 0 Å². The number of nitrogens with zero attached hydrogens (tertiary/aromatic N) is 2. The second kappa shape index (κ2) is 11.4. The van der Waals surface area contributed by atoms with Gasteiger partial charge in [-0.25, -0.2) is 0 Å². The molecule has 1 atom stereocenters. The maximum absolute atomic E-state index is 13.4. The third kappa shape index (κ3) is 6.16. The van der Waals surface area contributed by atoms with Gasteiger partial charge in [-0.1, -0.05) is 60.7 Å². The first-order valence-corrected chi connectivity index (χ1v) is 12.6. The van der Waals surface area contributed by atoms with E-state index in [0.29, 0.717) is 12.0 Å². The normalized spacial score (nSPS) is 16.3. The van der Waals surface area contributed by atoms with E-state index in [4.69, 9.17) is 4.74 Å². The zero-order valence-electron chi connectivity index (χ0n) is 21.3. The van der Waals surface area contributed by atoms with Crippen LogP contribution in [0.4, 0.5) is 18.9 Å². The van der Waals surface area contributed by atoms with Crippen molar-refractivity contribution in [2.45, 2.75) is 31.4 Å². The van der Waals surface area contributed by atoms with E-state index in [1.165, 1.54) is 19.2 Å². The van der Waals surface area contributed by atoms with Crippen molar-refractivity contribution in [1.82, 2.24) is 4.90 Å². The summed E-state index contributed by atoms with van der Waals surface area (Å²) in [6.45, 7) is 6.29. The molecule has 1 aliphatic rings. The Kier molecular flexibility index (Phi) is 8.22. The van der Waals surface area contributed by atoms with Crippen LogP contribution in [0.2, 0.25) is 0 Å². The van der Waals surface area contributed by atoms with Crippen LogP contribution in [-0.4, -0.2) is 50.7 Å². The van der Waals surface area contributed by atoms with Crippen LogP contribution in [0.25, 0.3) is 11.1 Å². The molecule has 3 aromatic carbocycles. The van der Waals surface area contributed by atoms with Crippen LogP contribution >= 0.6 is 0 Å². The van der Waals surface area contributed by atoms with Crippen LogP contribution in [0, 0.1) is 0 Å². The van der Waals surface area contributed by atoms with E-state index in [1.807, 2.05) is 49.4 Å². The molecule has 0 N–H and O–H groups in total. The van der Waals surface area contributed by atoms with E-state index >= 15 is 0 Å². The number of alkyl halides is 3. The number of carbonyl (C=O) groups is 1. The fourth-order valence-corrected chi connectivity index (χ4v) is 5.12. The van der Waals surface area contributed by atoms with Gasteiger partial charge >= 0.3 is 12.1 Å². The molecule has 0 radical (unpaired) electrons. The number of anilines is 1. The van der Waals surface area contributed by atoms with Crippen molar-refractivity contribution in [3.8, 4) is 11.1 Å². The maximum Gasteiger partial charge on any atom is 0.417 e. The van der Waals surface area contributed by atoms with Gasteiger partial charge in [-0.15, -0.1) is 0 Å². The predicted molar refractivity (Wildman–Crippen MR) is 141 cm³/mol. The molecule has 0 aliphatic carbocycles. The summed E-state index contributed by atoms with van der Waals surface area (Å²) in [6, 6.07) is 22.8. The summed E-state index contributed by atoms with van der Waals surface area (Å²) in [6.07, 6.45) is -2.82. The monoisotopic (exact) mass is 510 g/mol. The van der Waals surface area contributed by atoms with E-state index in [2.05, 4.69) is 9.80 Å². The molecule has 1 fully saturated rings. The number of esters is 1. The Bertz CT molecular complexity index is 1170. The van der Waals surface area contributed by atoms with Gasteiger partial charge in [0.25, 0.3) is 0 Å². The van der Waals surface area contributed by atoms with Crippen LogP contribution in [0.1, 0.15) is 30.9 Å². The highest BCUT2D eigenvalue weighted by atomic mass is 19.4. The van der Waals surface area contributed by atoms with Crippen molar-refractivity contribution in [3.05, 3.63) is 90.0 Å². The van der Waals surface area contributed by atoms with Gasteiger partial charge in [0, 0.05) is 31.9 Å². The molecular weight excluding hydrogens is 477 g/mol. The first-order chi connectivity index (χ1) is 17.7. The summed E-state index contributed by atoms with van der Waals surface area (Å²) in [7, 11) is 1.43. The number of methoxy groups -OCH3 is 1. The molecule has 37 heavy (non-hydrogen) atoms. The number of hydrogen-bond acceptors (Lipinski definition) is 4. The first-order valence-electron chi connectivity index (χ1n) is 12.6. The van der Waals surface area contributed by atoms with Gasteiger partial charge in [0.2, 0.25) is 0 Å². The van der Waals surface area contributed by atoms with Gasteiger partial charge in [-0.3, -0.25) is 9.69 Å². The standard InChI is InChI=1S/C30H33F3N2O2/c1-29(28(36)37-2,24-9-4-3-5-10-24)17-8-18-34-19-21-35(22-20-34)25-15-13-23(14-16-25)26-11-6-7-12-27(26)30(31,32)33/h3-7,9-16H,8,17-22H2,1-2H3. The molecule has 0 saturated carbocycles. The number of hydrogen-bond donors (Lipinski definition) is 0. The Morgan fingerprint density at radius 2 is 1.49 bits per heavy atom. The number of ether oxygens (including phenoxy) is 1. The lowest BCUT2D eigenvalue weighted by Gasteiger charge is -2.37. The molecule has 0 bridgehead atoms. The van der Waals surface area contributed by atoms with Crippen LogP contribution in [0.15, 0.2) is 78.9 Å². The summed E-state index contributed by atoms with van der Waals surface area (Å²) in [4.78, 5) is 17.3. The number of rotatable bonds is 8. The van der Waals surface area contributed by atoms with E-state index in [0.717, 1.165) is 56.5 Å². The molecule has 3 aromatic rings. The molecule has 0 amide bonds. The minimum absolute atomic E-state index is 0.195. The largest absolute Gasteiger partial charge is 0.468 e. The average molecular weight is 511 g/mol. The smallest absolute Gasteiger partial charge is 0.417 e. The van der Waals surface area contributed by atoms with Gasteiger partial charge in [-0.05, 0) is 61.2 Å². The fraction of sp³-hybridized carbons (Fsp3) is 0.367. The quantitative estimate of drug-likeness (QED) is 0.328. The topological polar surface area (TPSA) is 32.8 Å². The molecular formula is C30H33F3N2O2. The van der Waals surface area contributed by atoms with E-state index < -0.39 is 17.2 Å². The summed E-state index contributed by atoms with van der Waals surface area (Å²) < 4.78 is 45.3. The highest BCUT2D eigenvalue weighted by Crippen LogP contribution is 2.37. The van der Waals surface area contributed by atoms with Gasteiger partial charge in [0.05, 0.1) is 18.1 Å². The van der Waals surface area contributed by atoms with Crippen molar-refractivity contribution in [2.75, 3.05) is 44.7 Å². The lowest BCUT2D eigenvalue weighted by molar-refractivity contribution is -0.147. The Morgan fingerprint density at radius 1 is 0.865 bits per heavy atom. The summed E-state index contributed by atoms with van der Waals surface area (Å²) >= 11 is 0. The number of piperazine rings is 1. The van der Waals surface area contributed by atoms with Crippen LogP contribution in [-0.2, 0) is 21.1 Å². The maximum atomic E-state index is 13.4. The molecule has 4 nitrogen and oxygen atoms in total. The average Bonchev–Trinajstić information content (AvgIpc) is 2.93. The molecule has 0 aromatic heterocycles. The van der Waals surface area contributed by atoms with Crippen molar-refractivity contribution in [3.63, 3.8) is 0 Å². The van der Waals surface area contributed by atoms with E-state index in [9.17, 15) is 18.0 Å². The van der Waals surface area contributed by atoms with Gasteiger partial charge in [-0.2, -0.15) is 13.2 Å². The van der Waals surface area contributed by atoms with Crippen molar-refractivity contribution in [2.24, 2.45) is 0 Å². The summed E-state index contributed by atoms with van der Waals surface area (Å²) in [5.74, 6) is -0.218. The second-order valence-electron chi connectivity index (χ2n) is 9.71. The molecule has 7 heteroatoms. The Balaban J connectivity index is 1.32. The zero-order chi connectivity index (χ0) is 26.5. The third-order valence-electron chi connectivity index (χ3n) is 7.35. The highest BCUT2D eigenvalue weighted by molar-refractivity contribution is 5.82. The molecule has 196 valence electrons. The SMILES string of the molecule is COC(=O)C(C)(CCCN1CCN(c2ccc(-c3ccccc3C(F)(F)F)cc2)CC1)c1ccccc1. The summed E-state index contributed by atoms with van der Waals surface area (Å²) in [5.41, 5.74) is 1.43. The predicted octanol–water partition coefficient (Wildman–Crippen LogP) is 6.41. The Hall–Kier alpha value is -3.32. The molecule has 1 saturated heterocycles. The lowest BCUT2D eigenvalue weighted by atomic mass is 9.78. The second-order valence-corrected chi connectivity index (χ2v) is 9.71. The number of benzene rings is 3. The molecule has 1 heterocycles. The minimum atomic E-state index is -4.39. The molecule has 4 rings (SSSR count). The fourth-order valence-electron chi connectivity index (χ4n) is 5.12. The van der Waals surface area contributed by atoms with Crippen molar-refractivity contribution >= 4 is 11.7 Å². The van der Waals surface area contributed by atoms with Gasteiger partial charge < -0.3 is 9.64 Å². The summed E-state index contributed by atoms with van der Waals surface area (Å²) in [5, 5.41) is 0. The van der Waals surface area contributed by atoms with Gasteiger partial charge in [0.15, 0.2) is 0 Å². The van der Waals surface area contributed by atoms with Gasteiger partial charge in [0.1, 0.15) is 0 Å². The molecule has 1 unspecified atom stereocenters. The third-order valence-corrected chi connectivity index (χ3v) is 7.35. The Morgan fingerprint density at radius 3 is 2.11 bits per heavy atom.